The molecule has 37 heavy (non-hydrogen) atoms. The second-order valence-electron chi connectivity index (χ2n) is 9.96. The Kier molecular flexibility index (Phi) is 10.5. The summed E-state index contributed by atoms with van der Waals surface area (Å²) < 4.78 is 5.81. The summed E-state index contributed by atoms with van der Waals surface area (Å²) in [5.41, 5.74) is 10.2. The molecule has 0 fully saturated rings. The molecule has 2 aromatic rings. The maximum absolute atomic E-state index is 13.6. The van der Waals surface area contributed by atoms with Crippen molar-refractivity contribution in [1.29, 1.82) is 0 Å². The van der Waals surface area contributed by atoms with Gasteiger partial charge in [-0.25, -0.2) is 5.48 Å². The Bertz CT molecular complexity index is 1040. The zero-order valence-corrected chi connectivity index (χ0v) is 21.5. The molecule has 3 atom stereocenters. The maximum Gasteiger partial charge on any atom is 0.247 e. The third-order valence-corrected chi connectivity index (χ3v) is 6.64. The van der Waals surface area contributed by atoms with Gasteiger partial charge in [0.15, 0.2) is 0 Å². The van der Waals surface area contributed by atoms with Crippen LogP contribution in [0.5, 0.6) is 5.75 Å². The second kappa shape index (κ2) is 13.8. The predicted octanol–water partition coefficient (Wildman–Crippen LogP) is 2.45. The Labute approximate surface area is 218 Å². The molecule has 0 aliphatic carbocycles. The fourth-order valence-electron chi connectivity index (χ4n) is 4.60. The molecule has 2 aliphatic rings. The van der Waals surface area contributed by atoms with Crippen LogP contribution in [0.4, 0.5) is 0 Å². The topological polar surface area (TPSA) is 143 Å². The Morgan fingerprint density at radius 2 is 1.76 bits per heavy atom. The van der Waals surface area contributed by atoms with E-state index in [4.69, 9.17) is 10.5 Å². The van der Waals surface area contributed by atoms with Gasteiger partial charge < -0.3 is 21.1 Å². The summed E-state index contributed by atoms with van der Waals surface area (Å²) in [4.78, 5) is 39.5. The number of hydrogen-bond acceptors (Lipinski definition) is 6. The number of carbonyl (C=O) groups is 3. The Hall–Kier alpha value is -3.43. The molecule has 0 aromatic heterocycles. The molecule has 0 saturated carbocycles. The summed E-state index contributed by atoms with van der Waals surface area (Å²) in [5, 5.41) is 15.2. The average molecular weight is 511 g/mol. The van der Waals surface area contributed by atoms with E-state index in [2.05, 4.69) is 10.6 Å². The van der Waals surface area contributed by atoms with E-state index in [1.54, 1.807) is 5.48 Å². The van der Waals surface area contributed by atoms with Gasteiger partial charge in [0.25, 0.3) is 0 Å². The molecule has 0 unspecified atom stereocenters. The molecule has 2 heterocycles. The van der Waals surface area contributed by atoms with Gasteiger partial charge in [-0.3, -0.25) is 19.6 Å². The highest BCUT2D eigenvalue weighted by Crippen LogP contribution is 2.27. The van der Waals surface area contributed by atoms with E-state index in [9.17, 15) is 19.6 Å². The van der Waals surface area contributed by atoms with Gasteiger partial charge in [0, 0.05) is 25.4 Å². The Morgan fingerprint density at radius 3 is 2.38 bits per heavy atom. The van der Waals surface area contributed by atoms with Crippen LogP contribution in [0.1, 0.15) is 49.8 Å². The van der Waals surface area contributed by atoms with Crippen LogP contribution in [0.25, 0.3) is 0 Å². The number of rotatable bonds is 7. The minimum absolute atomic E-state index is 0.121. The van der Waals surface area contributed by atoms with Crippen LogP contribution in [0.3, 0.4) is 0 Å². The minimum Gasteiger partial charge on any atom is -0.494 e. The normalized spacial score (nSPS) is 20.5. The van der Waals surface area contributed by atoms with Crippen molar-refractivity contribution in [3.05, 3.63) is 65.2 Å². The van der Waals surface area contributed by atoms with E-state index in [1.807, 2.05) is 62.4 Å². The standard InChI is InChI=1S/C28H38N4O5/c1-18(2)14-24-23(27(34)32-36)4-3-13-37-22-11-9-19(10-12-22)15-25(31-26(24)33)28(35)30-17-21-7-5-20(16-29)6-8-21/h5-12,18,23-25,36H,3-4,13-17,29H2,1-2H3,(H,30,35)(H,31,33)(H,32,34)/t23-,24+,25-/m0/s1. The third kappa shape index (κ3) is 8.30. The largest absolute Gasteiger partial charge is 0.494 e. The minimum atomic E-state index is -0.849. The van der Waals surface area contributed by atoms with Gasteiger partial charge in [0.1, 0.15) is 11.8 Å². The van der Waals surface area contributed by atoms with Crippen LogP contribution in [0.2, 0.25) is 0 Å². The van der Waals surface area contributed by atoms with Gasteiger partial charge in [0.05, 0.1) is 12.5 Å². The molecular formula is C28H38N4O5. The number of fused-ring (bicyclic) bond motifs is 11. The third-order valence-electron chi connectivity index (χ3n) is 6.64. The number of carbonyl (C=O) groups excluding carboxylic acids is 3. The van der Waals surface area contributed by atoms with Crippen molar-refractivity contribution in [2.24, 2.45) is 23.5 Å². The summed E-state index contributed by atoms with van der Waals surface area (Å²) in [6, 6.07) is 14.2. The first-order valence-electron chi connectivity index (χ1n) is 12.8. The average Bonchev–Trinajstić information content (AvgIpc) is 2.90. The zero-order valence-electron chi connectivity index (χ0n) is 21.5. The zero-order chi connectivity index (χ0) is 26.8. The fraction of sp³-hybridized carbons (Fsp3) is 0.464. The number of hydrogen-bond donors (Lipinski definition) is 5. The number of nitrogens with one attached hydrogen (secondary N) is 3. The number of benzene rings is 2. The molecule has 4 rings (SSSR count). The highest BCUT2D eigenvalue weighted by Gasteiger charge is 2.36. The molecule has 0 saturated heterocycles. The lowest BCUT2D eigenvalue weighted by molar-refractivity contribution is -0.142. The smallest absolute Gasteiger partial charge is 0.247 e. The molecule has 3 amide bonds. The molecule has 6 N–H and O–H groups in total. The van der Waals surface area contributed by atoms with Crippen LogP contribution in [0.15, 0.2) is 48.5 Å². The highest BCUT2D eigenvalue weighted by atomic mass is 16.5. The lowest BCUT2D eigenvalue weighted by Crippen LogP contribution is -2.51. The van der Waals surface area contributed by atoms with Gasteiger partial charge in [-0.2, -0.15) is 0 Å². The van der Waals surface area contributed by atoms with Gasteiger partial charge in [-0.15, -0.1) is 0 Å². The summed E-state index contributed by atoms with van der Waals surface area (Å²) in [7, 11) is 0. The Balaban J connectivity index is 1.86. The molecule has 0 radical (unpaired) electrons. The summed E-state index contributed by atoms with van der Waals surface area (Å²) in [6.07, 6.45) is 1.58. The molecule has 2 aliphatic heterocycles. The van der Waals surface area contributed by atoms with E-state index in [-0.39, 0.29) is 24.2 Å². The number of amides is 3. The van der Waals surface area contributed by atoms with Crippen molar-refractivity contribution in [3.63, 3.8) is 0 Å². The second-order valence-corrected chi connectivity index (χ2v) is 9.96. The Morgan fingerprint density at radius 1 is 1.08 bits per heavy atom. The van der Waals surface area contributed by atoms with Crippen LogP contribution in [0, 0.1) is 17.8 Å². The van der Waals surface area contributed by atoms with Gasteiger partial charge >= 0.3 is 0 Å². The van der Waals surface area contributed by atoms with Crippen molar-refractivity contribution in [1.82, 2.24) is 16.1 Å². The van der Waals surface area contributed by atoms with Crippen molar-refractivity contribution >= 4 is 17.7 Å². The van der Waals surface area contributed by atoms with Crippen LogP contribution in [-0.4, -0.2) is 35.6 Å². The van der Waals surface area contributed by atoms with E-state index in [0.717, 1.165) is 16.7 Å². The van der Waals surface area contributed by atoms with E-state index in [1.165, 1.54) is 0 Å². The highest BCUT2D eigenvalue weighted by molar-refractivity contribution is 5.91. The molecule has 200 valence electrons. The maximum atomic E-state index is 13.6. The van der Waals surface area contributed by atoms with E-state index in [0.29, 0.717) is 44.7 Å². The number of ether oxygens (including phenoxy) is 1. The SMILES string of the molecule is CC(C)C[C@H]1C(=O)N[C@H](C(=O)NCc2ccc(CN)cc2)Cc2ccc(cc2)OCCC[C@@H]1C(=O)NO. The van der Waals surface area contributed by atoms with E-state index >= 15 is 0 Å². The lowest BCUT2D eigenvalue weighted by atomic mass is 9.81. The monoisotopic (exact) mass is 510 g/mol. The molecule has 9 heteroatoms. The first-order chi connectivity index (χ1) is 17.8. The number of nitrogens with two attached hydrogens (primary N) is 1. The van der Waals surface area contributed by atoms with Crippen LogP contribution < -0.4 is 26.6 Å². The lowest BCUT2D eigenvalue weighted by Gasteiger charge is -2.29. The first-order valence-corrected chi connectivity index (χ1v) is 12.8. The molecule has 2 aromatic carbocycles. The fourth-order valence-corrected chi connectivity index (χ4v) is 4.60. The van der Waals surface area contributed by atoms with Gasteiger partial charge in [0.2, 0.25) is 17.7 Å². The summed E-state index contributed by atoms with van der Waals surface area (Å²) in [6.45, 7) is 5.06. The molecular weight excluding hydrogens is 472 g/mol. The molecule has 9 nitrogen and oxygen atoms in total. The predicted molar refractivity (Wildman–Crippen MR) is 139 cm³/mol. The summed E-state index contributed by atoms with van der Waals surface area (Å²) in [5.74, 6) is -1.98. The van der Waals surface area contributed by atoms with Gasteiger partial charge in [-0.05, 0) is 54.0 Å². The molecule has 0 spiro atoms. The van der Waals surface area contributed by atoms with Crippen molar-refractivity contribution in [3.8, 4) is 5.75 Å². The first kappa shape index (κ1) is 28.1. The van der Waals surface area contributed by atoms with Crippen LogP contribution >= 0.6 is 0 Å². The van der Waals surface area contributed by atoms with Gasteiger partial charge in [-0.1, -0.05) is 50.2 Å². The summed E-state index contributed by atoms with van der Waals surface area (Å²) >= 11 is 0. The van der Waals surface area contributed by atoms with Crippen molar-refractivity contribution in [2.45, 2.75) is 58.7 Å². The van der Waals surface area contributed by atoms with E-state index < -0.39 is 23.8 Å². The molecule has 2 bridgehead atoms. The number of hydroxylamine groups is 1. The quantitative estimate of drug-likeness (QED) is 0.286. The van der Waals surface area contributed by atoms with Crippen molar-refractivity contribution < 1.29 is 24.3 Å². The van der Waals surface area contributed by atoms with Crippen molar-refractivity contribution in [2.75, 3.05) is 6.61 Å². The van der Waals surface area contributed by atoms with Crippen LogP contribution in [-0.2, 0) is 33.9 Å².